The second-order valence-electron chi connectivity index (χ2n) is 5.33. The SMILES string of the molecule is CCN(CC(=O)Nc1ccccc1C(F)(F)F)C(=O)C(N)CCSC.Cl. The van der Waals surface area contributed by atoms with Crippen LogP contribution in [0, 0.1) is 0 Å². The summed E-state index contributed by atoms with van der Waals surface area (Å²) in [6, 6.07) is 3.96. The fourth-order valence-corrected chi connectivity index (χ4v) is 2.64. The van der Waals surface area contributed by atoms with Crippen molar-refractivity contribution in [1.29, 1.82) is 0 Å². The first-order chi connectivity index (χ1) is 11.7. The standard InChI is InChI=1S/C16H22F3N3O2S.ClH/c1-3-22(15(24)12(20)8-9-25-2)10-14(23)21-13-7-5-4-6-11(13)16(17,18)19;/h4-7,12H,3,8-10,20H2,1-2H3,(H,21,23);1H. The Morgan fingerprint density at radius 2 is 1.92 bits per heavy atom. The summed E-state index contributed by atoms with van der Waals surface area (Å²) in [5.41, 5.74) is 4.53. The van der Waals surface area contributed by atoms with Crippen molar-refractivity contribution in [2.45, 2.75) is 25.6 Å². The summed E-state index contributed by atoms with van der Waals surface area (Å²) in [5, 5.41) is 2.22. The quantitative estimate of drug-likeness (QED) is 0.687. The van der Waals surface area contributed by atoms with E-state index in [1.54, 1.807) is 18.7 Å². The van der Waals surface area contributed by atoms with Gasteiger partial charge < -0.3 is 16.0 Å². The van der Waals surface area contributed by atoms with Crippen LogP contribution in [0.4, 0.5) is 18.9 Å². The molecule has 0 spiro atoms. The number of anilines is 1. The molecule has 5 nitrogen and oxygen atoms in total. The summed E-state index contributed by atoms with van der Waals surface area (Å²) in [7, 11) is 0. The molecule has 148 valence electrons. The first-order valence-corrected chi connectivity index (χ1v) is 9.09. The highest BCUT2D eigenvalue weighted by Crippen LogP contribution is 2.34. The number of rotatable bonds is 8. The molecule has 1 atom stereocenters. The van der Waals surface area contributed by atoms with Crippen molar-refractivity contribution in [3.8, 4) is 0 Å². The number of nitrogens with two attached hydrogens (primary N) is 1. The summed E-state index contributed by atoms with van der Waals surface area (Å²) < 4.78 is 38.8. The number of amides is 2. The molecule has 0 radical (unpaired) electrons. The molecule has 1 rings (SSSR count). The van der Waals surface area contributed by atoms with Gasteiger partial charge in [0, 0.05) is 6.54 Å². The van der Waals surface area contributed by atoms with Crippen LogP contribution >= 0.6 is 24.2 Å². The molecule has 0 aliphatic heterocycles. The van der Waals surface area contributed by atoms with Gasteiger partial charge in [-0.2, -0.15) is 24.9 Å². The van der Waals surface area contributed by atoms with E-state index in [1.165, 1.54) is 23.1 Å². The van der Waals surface area contributed by atoms with Gasteiger partial charge >= 0.3 is 6.18 Å². The average Bonchev–Trinajstić information content (AvgIpc) is 2.56. The maximum Gasteiger partial charge on any atom is 0.418 e. The van der Waals surface area contributed by atoms with E-state index in [-0.39, 0.29) is 31.2 Å². The highest BCUT2D eigenvalue weighted by atomic mass is 35.5. The predicted octanol–water partition coefficient (Wildman–Crippen LogP) is 2.99. The minimum Gasteiger partial charge on any atom is -0.332 e. The molecule has 0 fully saturated rings. The Bertz CT molecular complexity index is 602. The van der Waals surface area contributed by atoms with Crippen molar-refractivity contribution in [2.24, 2.45) is 5.73 Å². The lowest BCUT2D eigenvalue weighted by atomic mass is 10.1. The normalized spacial score (nSPS) is 12.1. The molecule has 0 aliphatic rings. The van der Waals surface area contributed by atoms with E-state index >= 15 is 0 Å². The maximum absolute atomic E-state index is 12.9. The van der Waals surface area contributed by atoms with Gasteiger partial charge in [0.25, 0.3) is 0 Å². The number of carbonyl (C=O) groups excluding carboxylic acids is 2. The van der Waals surface area contributed by atoms with Gasteiger partial charge in [0.2, 0.25) is 11.8 Å². The number of alkyl halides is 3. The first kappa shape index (κ1) is 24.6. The molecule has 26 heavy (non-hydrogen) atoms. The molecule has 0 aliphatic carbocycles. The van der Waals surface area contributed by atoms with E-state index in [0.29, 0.717) is 12.2 Å². The van der Waals surface area contributed by atoms with Crippen LogP contribution in [0.3, 0.4) is 0 Å². The van der Waals surface area contributed by atoms with Crippen LogP contribution in [0.2, 0.25) is 0 Å². The Balaban J connectivity index is 0.00000625. The molecule has 0 aromatic heterocycles. The van der Waals surface area contributed by atoms with E-state index in [2.05, 4.69) is 5.32 Å². The number of likely N-dealkylation sites (N-methyl/N-ethyl adjacent to an activating group) is 1. The maximum atomic E-state index is 12.9. The lowest BCUT2D eigenvalue weighted by Gasteiger charge is -2.24. The zero-order valence-electron chi connectivity index (χ0n) is 14.5. The molecule has 1 aromatic rings. The molecular formula is C16H23ClF3N3O2S. The fourth-order valence-electron chi connectivity index (χ4n) is 2.15. The van der Waals surface area contributed by atoms with Gasteiger partial charge in [-0.1, -0.05) is 12.1 Å². The summed E-state index contributed by atoms with van der Waals surface area (Å²) in [5.74, 6) is -0.393. The van der Waals surface area contributed by atoms with Crippen molar-refractivity contribution in [3.05, 3.63) is 29.8 Å². The summed E-state index contributed by atoms with van der Waals surface area (Å²) >= 11 is 1.55. The van der Waals surface area contributed by atoms with Gasteiger partial charge in [0.1, 0.15) is 0 Å². The Morgan fingerprint density at radius 1 is 1.31 bits per heavy atom. The number of hydrogen-bond acceptors (Lipinski definition) is 4. The van der Waals surface area contributed by atoms with Crippen LogP contribution in [-0.2, 0) is 15.8 Å². The zero-order valence-corrected chi connectivity index (χ0v) is 16.1. The molecule has 0 saturated carbocycles. The Kier molecular flexibility index (Phi) is 10.7. The Labute approximate surface area is 161 Å². The number of nitrogens with zero attached hydrogens (tertiary/aromatic N) is 1. The zero-order chi connectivity index (χ0) is 19.0. The lowest BCUT2D eigenvalue weighted by Crippen LogP contribution is -2.47. The van der Waals surface area contributed by atoms with E-state index in [4.69, 9.17) is 5.73 Å². The lowest BCUT2D eigenvalue weighted by molar-refractivity contribution is -0.137. The number of para-hydroxylation sites is 1. The second kappa shape index (κ2) is 11.3. The molecule has 0 heterocycles. The Hall–Kier alpha value is -1.45. The number of carbonyl (C=O) groups is 2. The summed E-state index contributed by atoms with van der Waals surface area (Å²) in [4.78, 5) is 25.5. The molecular weight excluding hydrogens is 391 g/mol. The van der Waals surface area contributed by atoms with Crippen LogP contribution < -0.4 is 11.1 Å². The third-order valence-electron chi connectivity index (χ3n) is 3.48. The average molecular weight is 414 g/mol. The van der Waals surface area contributed by atoms with Crippen molar-refractivity contribution in [2.75, 3.05) is 30.4 Å². The van der Waals surface area contributed by atoms with Gasteiger partial charge in [-0.05, 0) is 37.5 Å². The van der Waals surface area contributed by atoms with Gasteiger partial charge in [-0.25, -0.2) is 0 Å². The van der Waals surface area contributed by atoms with Crippen LogP contribution in [-0.4, -0.2) is 47.9 Å². The molecule has 0 saturated heterocycles. The van der Waals surface area contributed by atoms with Gasteiger partial charge in [-0.3, -0.25) is 9.59 Å². The largest absolute Gasteiger partial charge is 0.418 e. The van der Waals surface area contributed by atoms with Crippen LogP contribution in [0.5, 0.6) is 0 Å². The summed E-state index contributed by atoms with van der Waals surface area (Å²) in [6.45, 7) is 1.56. The van der Waals surface area contributed by atoms with Crippen LogP contribution in [0.1, 0.15) is 18.9 Å². The molecule has 10 heteroatoms. The third kappa shape index (κ3) is 7.43. The van der Waals surface area contributed by atoms with Crippen LogP contribution in [0.15, 0.2) is 24.3 Å². The number of benzene rings is 1. The molecule has 1 aromatic carbocycles. The number of halogens is 4. The fraction of sp³-hybridized carbons (Fsp3) is 0.500. The minimum absolute atomic E-state index is 0. The summed E-state index contributed by atoms with van der Waals surface area (Å²) in [6.07, 6.45) is -2.22. The third-order valence-corrected chi connectivity index (χ3v) is 4.13. The van der Waals surface area contributed by atoms with Crippen LogP contribution in [0.25, 0.3) is 0 Å². The van der Waals surface area contributed by atoms with Crippen molar-refractivity contribution in [1.82, 2.24) is 4.90 Å². The van der Waals surface area contributed by atoms with Gasteiger partial charge in [-0.15, -0.1) is 12.4 Å². The van der Waals surface area contributed by atoms with E-state index in [1.807, 2.05) is 6.26 Å². The highest BCUT2D eigenvalue weighted by molar-refractivity contribution is 7.98. The van der Waals surface area contributed by atoms with Crippen molar-refractivity contribution in [3.63, 3.8) is 0 Å². The van der Waals surface area contributed by atoms with Gasteiger partial charge in [0.05, 0.1) is 23.8 Å². The predicted molar refractivity (Wildman–Crippen MR) is 101 cm³/mol. The highest BCUT2D eigenvalue weighted by Gasteiger charge is 2.33. The van der Waals surface area contributed by atoms with E-state index in [0.717, 1.165) is 6.07 Å². The minimum atomic E-state index is -4.58. The molecule has 1 unspecified atom stereocenters. The van der Waals surface area contributed by atoms with E-state index < -0.39 is 29.6 Å². The first-order valence-electron chi connectivity index (χ1n) is 7.70. The molecule has 2 amide bonds. The monoisotopic (exact) mass is 413 g/mol. The van der Waals surface area contributed by atoms with Crippen molar-refractivity contribution >= 4 is 41.7 Å². The van der Waals surface area contributed by atoms with Gasteiger partial charge in [0.15, 0.2) is 0 Å². The number of hydrogen-bond donors (Lipinski definition) is 2. The van der Waals surface area contributed by atoms with E-state index in [9.17, 15) is 22.8 Å². The molecule has 3 N–H and O–H groups in total. The second-order valence-corrected chi connectivity index (χ2v) is 6.32. The topological polar surface area (TPSA) is 75.4 Å². The number of nitrogens with one attached hydrogen (secondary N) is 1. The molecule has 0 bridgehead atoms. The van der Waals surface area contributed by atoms with Crippen molar-refractivity contribution < 1.29 is 22.8 Å². The number of thioether (sulfide) groups is 1. The smallest absolute Gasteiger partial charge is 0.332 e. The Morgan fingerprint density at radius 3 is 2.46 bits per heavy atom.